The number of nitrogens with one attached hydrogen (secondary N) is 1. The highest BCUT2D eigenvalue weighted by Crippen LogP contribution is 2.39. The fourth-order valence-electron chi connectivity index (χ4n) is 3.01. The predicted molar refractivity (Wildman–Crippen MR) is 76.2 cm³/mol. The van der Waals surface area contributed by atoms with Crippen LogP contribution in [0.2, 0.25) is 0 Å². The van der Waals surface area contributed by atoms with Crippen molar-refractivity contribution in [2.45, 2.75) is 52.7 Å². The average molecular weight is 247 g/mol. The molecule has 0 saturated heterocycles. The van der Waals surface area contributed by atoms with Gasteiger partial charge in [-0.1, -0.05) is 19.9 Å². The maximum atomic E-state index is 6.19. The molecule has 2 unspecified atom stereocenters. The molecular weight excluding hydrogens is 222 g/mol. The third kappa shape index (κ3) is 2.54. The summed E-state index contributed by atoms with van der Waals surface area (Å²) in [7, 11) is 2.04. The van der Waals surface area contributed by atoms with Crippen molar-refractivity contribution in [3.8, 4) is 5.75 Å². The van der Waals surface area contributed by atoms with Crippen LogP contribution in [0.25, 0.3) is 0 Å². The molecule has 0 bridgehead atoms. The first kappa shape index (κ1) is 13.4. The highest BCUT2D eigenvalue weighted by atomic mass is 16.5. The quantitative estimate of drug-likeness (QED) is 0.883. The van der Waals surface area contributed by atoms with E-state index < -0.39 is 0 Å². The van der Waals surface area contributed by atoms with Crippen molar-refractivity contribution >= 4 is 0 Å². The number of ether oxygens (including phenoxy) is 1. The molecule has 0 amide bonds. The second kappa shape index (κ2) is 4.93. The van der Waals surface area contributed by atoms with Crippen molar-refractivity contribution in [1.29, 1.82) is 0 Å². The number of rotatable bonds is 3. The van der Waals surface area contributed by atoms with E-state index in [9.17, 15) is 0 Å². The Bertz CT molecular complexity index is 425. The van der Waals surface area contributed by atoms with Gasteiger partial charge in [0.1, 0.15) is 11.9 Å². The molecule has 1 saturated carbocycles. The lowest BCUT2D eigenvalue weighted by molar-refractivity contribution is 0.146. The SMILES string of the molecule is CNC1C(Oc2ccc(C)c(C)c2)CCC1(C)C. The van der Waals surface area contributed by atoms with Crippen LogP contribution in [-0.2, 0) is 0 Å². The van der Waals surface area contributed by atoms with E-state index in [4.69, 9.17) is 4.74 Å². The van der Waals surface area contributed by atoms with E-state index in [1.54, 1.807) is 0 Å². The molecule has 0 aromatic heterocycles. The molecule has 2 atom stereocenters. The molecule has 0 heterocycles. The lowest BCUT2D eigenvalue weighted by atomic mass is 9.87. The fourth-order valence-corrected chi connectivity index (χ4v) is 3.01. The fraction of sp³-hybridized carbons (Fsp3) is 0.625. The van der Waals surface area contributed by atoms with Gasteiger partial charge in [0.25, 0.3) is 0 Å². The summed E-state index contributed by atoms with van der Waals surface area (Å²) in [4.78, 5) is 0. The third-order valence-electron chi connectivity index (χ3n) is 4.36. The van der Waals surface area contributed by atoms with Gasteiger partial charge in [-0.25, -0.2) is 0 Å². The topological polar surface area (TPSA) is 21.3 Å². The van der Waals surface area contributed by atoms with Gasteiger partial charge in [0.05, 0.1) is 0 Å². The van der Waals surface area contributed by atoms with Gasteiger partial charge in [-0.2, -0.15) is 0 Å². The van der Waals surface area contributed by atoms with E-state index in [1.165, 1.54) is 17.5 Å². The number of hydrogen-bond donors (Lipinski definition) is 1. The van der Waals surface area contributed by atoms with Gasteiger partial charge in [0.2, 0.25) is 0 Å². The van der Waals surface area contributed by atoms with Gasteiger partial charge in [-0.15, -0.1) is 0 Å². The minimum atomic E-state index is 0.284. The lowest BCUT2D eigenvalue weighted by Gasteiger charge is -2.30. The Morgan fingerprint density at radius 3 is 2.56 bits per heavy atom. The van der Waals surface area contributed by atoms with Crippen molar-refractivity contribution < 1.29 is 4.74 Å². The van der Waals surface area contributed by atoms with Crippen LogP contribution in [0.3, 0.4) is 0 Å². The van der Waals surface area contributed by atoms with Crippen molar-refractivity contribution in [3.63, 3.8) is 0 Å². The average Bonchev–Trinajstić information content (AvgIpc) is 2.59. The molecule has 1 aromatic carbocycles. The molecule has 1 N–H and O–H groups in total. The molecule has 0 radical (unpaired) electrons. The van der Waals surface area contributed by atoms with Crippen LogP contribution in [0.1, 0.15) is 37.8 Å². The number of aryl methyl sites for hydroxylation is 2. The van der Waals surface area contributed by atoms with Gasteiger partial charge in [0, 0.05) is 6.04 Å². The Kier molecular flexibility index (Phi) is 3.67. The first-order valence-electron chi connectivity index (χ1n) is 6.85. The van der Waals surface area contributed by atoms with Crippen LogP contribution in [0.15, 0.2) is 18.2 Å². The summed E-state index contributed by atoms with van der Waals surface area (Å²) in [6.07, 6.45) is 2.63. The first-order chi connectivity index (χ1) is 8.44. The van der Waals surface area contributed by atoms with E-state index in [0.717, 1.165) is 12.2 Å². The van der Waals surface area contributed by atoms with Gasteiger partial charge < -0.3 is 10.1 Å². The van der Waals surface area contributed by atoms with Crippen molar-refractivity contribution in [2.75, 3.05) is 7.05 Å². The van der Waals surface area contributed by atoms with Crippen LogP contribution in [0.4, 0.5) is 0 Å². The van der Waals surface area contributed by atoms with Crippen LogP contribution in [0.5, 0.6) is 5.75 Å². The monoisotopic (exact) mass is 247 g/mol. The van der Waals surface area contributed by atoms with Gasteiger partial charge in [0.15, 0.2) is 0 Å². The van der Waals surface area contributed by atoms with Crippen molar-refractivity contribution in [1.82, 2.24) is 5.32 Å². The zero-order chi connectivity index (χ0) is 13.3. The standard InChI is InChI=1S/C16H25NO/c1-11-6-7-13(10-12(11)2)18-14-8-9-16(3,4)15(14)17-5/h6-7,10,14-15,17H,8-9H2,1-5H3. The van der Waals surface area contributed by atoms with Crippen molar-refractivity contribution in [3.05, 3.63) is 29.3 Å². The molecule has 0 aliphatic heterocycles. The molecule has 2 nitrogen and oxygen atoms in total. The van der Waals surface area contributed by atoms with E-state index in [2.05, 4.69) is 51.2 Å². The van der Waals surface area contributed by atoms with Crippen LogP contribution >= 0.6 is 0 Å². The molecule has 1 aliphatic carbocycles. The summed E-state index contributed by atoms with van der Waals surface area (Å²) in [6, 6.07) is 6.80. The second-order valence-corrected chi connectivity index (χ2v) is 6.20. The van der Waals surface area contributed by atoms with Crippen molar-refractivity contribution in [2.24, 2.45) is 5.41 Å². The zero-order valence-electron chi connectivity index (χ0n) is 12.2. The lowest BCUT2D eigenvalue weighted by Crippen LogP contribution is -2.44. The van der Waals surface area contributed by atoms with E-state index in [0.29, 0.717) is 11.5 Å². The third-order valence-corrected chi connectivity index (χ3v) is 4.36. The Labute approximate surface area is 111 Å². The largest absolute Gasteiger partial charge is 0.489 e. The Morgan fingerprint density at radius 1 is 1.22 bits per heavy atom. The summed E-state index contributed by atoms with van der Waals surface area (Å²) in [5, 5.41) is 3.43. The smallest absolute Gasteiger partial charge is 0.120 e. The number of benzene rings is 1. The summed E-state index contributed by atoms with van der Waals surface area (Å²) >= 11 is 0. The Hall–Kier alpha value is -1.02. The number of hydrogen-bond acceptors (Lipinski definition) is 2. The van der Waals surface area contributed by atoms with Crippen LogP contribution in [-0.4, -0.2) is 19.2 Å². The summed E-state index contributed by atoms with van der Waals surface area (Å²) in [5.41, 5.74) is 2.93. The van der Waals surface area contributed by atoms with Gasteiger partial charge in [-0.05, 0) is 62.4 Å². The second-order valence-electron chi connectivity index (χ2n) is 6.20. The molecule has 18 heavy (non-hydrogen) atoms. The summed E-state index contributed by atoms with van der Waals surface area (Å²) in [6.45, 7) is 8.90. The van der Waals surface area contributed by atoms with Gasteiger partial charge in [-0.3, -0.25) is 0 Å². The molecule has 1 fully saturated rings. The van der Waals surface area contributed by atoms with E-state index in [1.807, 2.05) is 7.05 Å². The normalized spacial score (nSPS) is 26.3. The number of likely N-dealkylation sites (N-methyl/N-ethyl adjacent to an activating group) is 1. The maximum Gasteiger partial charge on any atom is 0.120 e. The Balaban J connectivity index is 2.12. The van der Waals surface area contributed by atoms with E-state index >= 15 is 0 Å². The highest BCUT2D eigenvalue weighted by molar-refractivity contribution is 5.34. The first-order valence-corrected chi connectivity index (χ1v) is 6.85. The van der Waals surface area contributed by atoms with Gasteiger partial charge >= 0.3 is 0 Å². The zero-order valence-corrected chi connectivity index (χ0v) is 12.2. The minimum absolute atomic E-state index is 0.284. The molecule has 100 valence electrons. The van der Waals surface area contributed by atoms with Crippen LogP contribution < -0.4 is 10.1 Å². The molecule has 1 aliphatic rings. The predicted octanol–water partition coefficient (Wildman–Crippen LogP) is 3.46. The molecule has 1 aromatic rings. The minimum Gasteiger partial charge on any atom is -0.489 e. The summed E-state index contributed by atoms with van der Waals surface area (Å²) in [5.74, 6) is 1.00. The van der Waals surface area contributed by atoms with E-state index in [-0.39, 0.29) is 6.10 Å². The maximum absolute atomic E-state index is 6.19. The molecule has 2 heteroatoms. The molecule has 2 rings (SSSR count). The molecule has 0 spiro atoms. The van der Waals surface area contributed by atoms with Crippen LogP contribution in [0, 0.1) is 19.3 Å². The summed E-state index contributed by atoms with van der Waals surface area (Å²) < 4.78 is 6.19. The Morgan fingerprint density at radius 2 is 1.94 bits per heavy atom. The molecular formula is C16H25NO. The highest BCUT2D eigenvalue weighted by Gasteiger charge is 2.42.